The Morgan fingerprint density at radius 2 is 1.73 bits per heavy atom. The Kier molecular flexibility index (Phi) is 7.48. The highest BCUT2D eigenvalue weighted by atomic mass is 35.5. The van der Waals surface area contributed by atoms with Gasteiger partial charge in [0.1, 0.15) is 5.75 Å². The van der Waals surface area contributed by atoms with Crippen LogP contribution in [0.25, 0.3) is 0 Å². The van der Waals surface area contributed by atoms with E-state index in [2.05, 4.69) is 0 Å². The van der Waals surface area contributed by atoms with Crippen LogP contribution in [0, 0.1) is 0 Å². The van der Waals surface area contributed by atoms with E-state index in [1.807, 2.05) is 13.8 Å². The Morgan fingerprint density at radius 3 is 2.27 bits per heavy atom. The van der Waals surface area contributed by atoms with Crippen molar-refractivity contribution in [1.29, 1.82) is 0 Å². The summed E-state index contributed by atoms with van der Waals surface area (Å²) < 4.78 is 5.36. The molecule has 0 unspecified atom stereocenters. The van der Waals surface area contributed by atoms with E-state index >= 15 is 0 Å². The minimum Gasteiger partial charge on any atom is -0.484 e. The molecule has 1 aromatic rings. The molecule has 0 aliphatic rings. The summed E-state index contributed by atoms with van der Waals surface area (Å²) in [4.78, 5) is 26.9. The Balaban J connectivity index is 2.50. The molecule has 0 bridgehead atoms. The van der Waals surface area contributed by atoms with Gasteiger partial charge in [-0.3, -0.25) is 9.59 Å². The van der Waals surface area contributed by atoms with Gasteiger partial charge in [-0.25, -0.2) is 0 Å². The highest BCUT2D eigenvalue weighted by Crippen LogP contribution is 2.26. The smallest absolute Gasteiger partial charge is 0.260 e. The molecule has 0 aliphatic carbocycles. The van der Waals surface area contributed by atoms with Crippen LogP contribution in [0.4, 0.5) is 0 Å². The van der Waals surface area contributed by atoms with Crippen molar-refractivity contribution in [1.82, 2.24) is 9.80 Å². The summed E-state index contributed by atoms with van der Waals surface area (Å²) in [5, 5.41) is 0.777. The Hall–Kier alpha value is -1.46. The van der Waals surface area contributed by atoms with Crippen LogP contribution in [0.5, 0.6) is 5.75 Å². The molecule has 22 heavy (non-hydrogen) atoms. The van der Waals surface area contributed by atoms with Crippen LogP contribution >= 0.6 is 23.2 Å². The second-order valence-electron chi connectivity index (χ2n) is 4.68. The zero-order valence-electron chi connectivity index (χ0n) is 12.9. The van der Waals surface area contributed by atoms with Crippen molar-refractivity contribution >= 4 is 35.0 Å². The lowest BCUT2D eigenvalue weighted by Crippen LogP contribution is -2.42. The summed E-state index contributed by atoms with van der Waals surface area (Å²) in [6.45, 7) is 4.91. The van der Waals surface area contributed by atoms with Gasteiger partial charge >= 0.3 is 0 Å². The van der Waals surface area contributed by atoms with E-state index in [1.54, 1.807) is 24.1 Å². The van der Waals surface area contributed by atoms with Crippen molar-refractivity contribution in [3.8, 4) is 5.75 Å². The largest absolute Gasteiger partial charge is 0.484 e. The van der Waals surface area contributed by atoms with Crippen LogP contribution in [0.15, 0.2) is 18.2 Å². The molecule has 5 nitrogen and oxygen atoms in total. The van der Waals surface area contributed by atoms with Crippen molar-refractivity contribution in [2.24, 2.45) is 0 Å². The molecule has 0 aromatic heterocycles. The van der Waals surface area contributed by atoms with Gasteiger partial charge < -0.3 is 14.5 Å². The summed E-state index contributed by atoms with van der Waals surface area (Å²) in [6, 6.07) is 4.76. The average Bonchev–Trinajstić information content (AvgIpc) is 2.49. The normalized spacial score (nSPS) is 10.2. The Morgan fingerprint density at radius 1 is 1.09 bits per heavy atom. The molecule has 1 rings (SSSR count). The quantitative estimate of drug-likeness (QED) is 0.762. The third-order valence-electron chi connectivity index (χ3n) is 3.17. The number of hydrogen-bond donors (Lipinski definition) is 0. The van der Waals surface area contributed by atoms with Crippen molar-refractivity contribution in [2.45, 2.75) is 13.8 Å². The van der Waals surface area contributed by atoms with Crippen molar-refractivity contribution in [2.75, 3.05) is 33.3 Å². The number of halogens is 2. The summed E-state index contributed by atoms with van der Waals surface area (Å²) >= 11 is 11.7. The van der Waals surface area contributed by atoms with Gasteiger partial charge in [0.25, 0.3) is 5.91 Å². The first-order valence-corrected chi connectivity index (χ1v) is 7.74. The van der Waals surface area contributed by atoms with Gasteiger partial charge in [0.15, 0.2) is 6.61 Å². The van der Waals surface area contributed by atoms with Crippen molar-refractivity contribution in [3.63, 3.8) is 0 Å². The fourth-order valence-electron chi connectivity index (χ4n) is 1.79. The number of carbonyl (C=O) groups excluding carboxylic acids is 2. The molecule has 122 valence electrons. The number of amides is 2. The highest BCUT2D eigenvalue weighted by molar-refractivity contribution is 6.42. The summed E-state index contributed by atoms with van der Waals surface area (Å²) in [5.41, 5.74) is 0. The maximum absolute atomic E-state index is 12.0. The van der Waals surface area contributed by atoms with E-state index in [-0.39, 0.29) is 25.0 Å². The van der Waals surface area contributed by atoms with E-state index in [1.165, 1.54) is 11.0 Å². The molecule has 0 saturated carbocycles. The minimum absolute atomic E-state index is 0.0330. The standard InChI is InChI=1S/C15H20Cl2N2O3/c1-4-19(5-2)14(20)9-18(3)15(21)10-22-11-6-7-12(16)13(17)8-11/h6-8H,4-5,9-10H2,1-3H3. The molecule has 0 aliphatic heterocycles. The fraction of sp³-hybridized carbons (Fsp3) is 0.467. The fourth-order valence-corrected chi connectivity index (χ4v) is 2.08. The van der Waals surface area contributed by atoms with Gasteiger partial charge in [0.2, 0.25) is 5.91 Å². The summed E-state index contributed by atoms with van der Waals surface area (Å²) in [6.07, 6.45) is 0. The Labute approximate surface area is 140 Å². The first-order valence-electron chi connectivity index (χ1n) is 6.98. The predicted molar refractivity (Wildman–Crippen MR) is 87.5 cm³/mol. The van der Waals surface area contributed by atoms with Crippen LogP contribution < -0.4 is 4.74 Å². The molecule has 0 atom stereocenters. The molecule has 7 heteroatoms. The molecule has 0 spiro atoms. The van der Waals surface area contributed by atoms with Crippen LogP contribution in [0.2, 0.25) is 10.0 Å². The van der Waals surface area contributed by atoms with Crippen LogP contribution in [-0.4, -0.2) is 54.9 Å². The minimum atomic E-state index is -0.286. The summed E-state index contributed by atoms with van der Waals surface area (Å²) in [7, 11) is 1.57. The first-order chi connectivity index (χ1) is 10.4. The van der Waals surface area contributed by atoms with Crippen LogP contribution in [0.1, 0.15) is 13.8 Å². The number of rotatable bonds is 7. The molecular weight excluding hydrogens is 327 g/mol. The lowest BCUT2D eigenvalue weighted by atomic mass is 10.3. The second kappa shape index (κ2) is 8.86. The van der Waals surface area contributed by atoms with E-state index in [9.17, 15) is 9.59 Å². The molecule has 0 radical (unpaired) electrons. The number of ether oxygens (including phenoxy) is 1. The van der Waals surface area contributed by atoms with E-state index < -0.39 is 0 Å². The topological polar surface area (TPSA) is 49.9 Å². The van der Waals surface area contributed by atoms with Crippen molar-refractivity contribution in [3.05, 3.63) is 28.2 Å². The van der Waals surface area contributed by atoms with Gasteiger partial charge in [-0.05, 0) is 26.0 Å². The lowest BCUT2D eigenvalue weighted by molar-refractivity contribution is -0.140. The van der Waals surface area contributed by atoms with E-state index in [0.29, 0.717) is 28.9 Å². The Bertz CT molecular complexity index is 534. The number of hydrogen-bond acceptors (Lipinski definition) is 3. The molecule has 0 N–H and O–H groups in total. The van der Waals surface area contributed by atoms with E-state index in [4.69, 9.17) is 27.9 Å². The number of likely N-dealkylation sites (N-methyl/N-ethyl adjacent to an activating group) is 2. The average molecular weight is 347 g/mol. The maximum atomic E-state index is 12.0. The van der Waals surface area contributed by atoms with E-state index in [0.717, 1.165) is 0 Å². The second-order valence-corrected chi connectivity index (χ2v) is 5.49. The van der Waals surface area contributed by atoms with Crippen molar-refractivity contribution < 1.29 is 14.3 Å². The zero-order chi connectivity index (χ0) is 16.7. The monoisotopic (exact) mass is 346 g/mol. The van der Waals surface area contributed by atoms with Gasteiger partial charge in [-0.1, -0.05) is 23.2 Å². The molecular formula is C15H20Cl2N2O3. The number of nitrogens with zero attached hydrogens (tertiary/aromatic N) is 2. The maximum Gasteiger partial charge on any atom is 0.260 e. The number of carbonyl (C=O) groups is 2. The SMILES string of the molecule is CCN(CC)C(=O)CN(C)C(=O)COc1ccc(Cl)c(Cl)c1. The summed E-state index contributed by atoms with van der Waals surface area (Å²) in [5.74, 6) is 0.0770. The molecule has 0 saturated heterocycles. The van der Waals surface area contributed by atoms with Gasteiger partial charge in [-0.15, -0.1) is 0 Å². The molecule has 0 heterocycles. The predicted octanol–water partition coefficient (Wildman–Crippen LogP) is 2.70. The van der Waals surface area contributed by atoms with Gasteiger partial charge in [-0.2, -0.15) is 0 Å². The zero-order valence-corrected chi connectivity index (χ0v) is 14.4. The van der Waals surface area contributed by atoms with Crippen LogP contribution in [0.3, 0.4) is 0 Å². The first kappa shape index (κ1) is 18.6. The molecule has 1 aromatic carbocycles. The van der Waals surface area contributed by atoms with Gasteiger partial charge in [0, 0.05) is 26.2 Å². The molecule has 2 amide bonds. The van der Waals surface area contributed by atoms with Gasteiger partial charge in [0.05, 0.1) is 16.6 Å². The highest BCUT2D eigenvalue weighted by Gasteiger charge is 2.17. The molecule has 0 fully saturated rings. The third kappa shape index (κ3) is 5.39. The van der Waals surface area contributed by atoms with Crippen LogP contribution in [-0.2, 0) is 9.59 Å². The lowest BCUT2D eigenvalue weighted by Gasteiger charge is -2.23. The number of benzene rings is 1. The third-order valence-corrected chi connectivity index (χ3v) is 3.91.